The lowest BCUT2D eigenvalue weighted by Gasteiger charge is -2.19. The Kier molecular flexibility index (Phi) is 6.22. The van der Waals surface area contributed by atoms with Gasteiger partial charge in [-0.3, -0.25) is 4.79 Å². The SMILES string of the molecule is C=CCNC(=O)CCNC(=O)OC(C)(C)C. The van der Waals surface area contributed by atoms with E-state index in [0.717, 1.165) is 0 Å². The molecule has 5 nitrogen and oxygen atoms in total. The van der Waals surface area contributed by atoms with E-state index < -0.39 is 11.7 Å². The van der Waals surface area contributed by atoms with Crippen LogP contribution in [0.2, 0.25) is 0 Å². The molecular weight excluding hydrogens is 208 g/mol. The summed E-state index contributed by atoms with van der Waals surface area (Å²) in [5.74, 6) is -0.129. The highest BCUT2D eigenvalue weighted by atomic mass is 16.6. The zero-order chi connectivity index (χ0) is 12.6. The summed E-state index contributed by atoms with van der Waals surface area (Å²) >= 11 is 0. The molecule has 0 aromatic carbocycles. The Balaban J connectivity index is 3.62. The van der Waals surface area contributed by atoms with Gasteiger partial charge in [0, 0.05) is 19.5 Å². The van der Waals surface area contributed by atoms with Gasteiger partial charge in [-0.2, -0.15) is 0 Å². The van der Waals surface area contributed by atoms with Gasteiger partial charge in [-0.05, 0) is 20.8 Å². The maximum atomic E-state index is 11.2. The minimum Gasteiger partial charge on any atom is -0.444 e. The van der Waals surface area contributed by atoms with Gasteiger partial charge in [-0.1, -0.05) is 6.08 Å². The molecule has 0 saturated heterocycles. The molecule has 0 atom stereocenters. The molecule has 92 valence electrons. The largest absolute Gasteiger partial charge is 0.444 e. The van der Waals surface area contributed by atoms with Crippen molar-refractivity contribution in [3.63, 3.8) is 0 Å². The molecule has 0 fully saturated rings. The third kappa shape index (κ3) is 9.05. The van der Waals surface area contributed by atoms with Crippen LogP contribution in [0.15, 0.2) is 12.7 Å². The monoisotopic (exact) mass is 228 g/mol. The minimum absolute atomic E-state index is 0.129. The number of carbonyl (C=O) groups is 2. The Labute approximate surface area is 96.2 Å². The molecule has 16 heavy (non-hydrogen) atoms. The Morgan fingerprint density at radius 3 is 2.44 bits per heavy atom. The maximum Gasteiger partial charge on any atom is 0.407 e. The van der Waals surface area contributed by atoms with Crippen molar-refractivity contribution in [3.05, 3.63) is 12.7 Å². The second-order valence-corrected chi connectivity index (χ2v) is 4.27. The summed E-state index contributed by atoms with van der Waals surface area (Å²) in [6.07, 6.45) is 1.32. The molecule has 0 rings (SSSR count). The Morgan fingerprint density at radius 1 is 1.31 bits per heavy atom. The highest BCUT2D eigenvalue weighted by molar-refractivity contribution is 5.77. The predicted octanol–water partition coefficient (Wildman–Crippen LogP) is 1.20. The van der Waals surface area contributed by atoms with Crippen molar-refractivity contribution in [2.24, 2.45) is 0 Å². The highest BCUT2D eigenvalue weighted by Gasteiger charge is 2.15. The molecule has 0 aromatic heterocycles. The Bertz CT molecular complexity index is 256. The van der Waals surface area contributed by atoms with E-state index in [0.29, 0.717) is 6.54 Å². The first-order chi connectivity index (χ1) is 7.35. The normalized spacial score (nSPS) is 10.4. The molecule has 0 aliphatic carbocycles. The Morgan fingerprint density at radius 2 is 1.94 bits per heavy atom. The van der Waals surface area contributed by atoms with Gasteiger partial charge < -0.3 is 15.4 Å². The summed E-state index contributed by atoms with van der Waals surface area (Å²) in [7, 11) is 0. The molecule has 0 aliphatic rings. The predicted molar refractivity (Wildman–Crippen MR) is 62.1 cm³/mol. The lowest BCUT2D eigenvalue weighted by molar-refractivity contribution is -0.120. The van der Waals surface area contributed by atoms with E-state index in [1.807, 2.05) is 0 Å². The van der Waals surface area contributed by atoms with Crippen LogP contribution in [0.3, 0.4) is 0 Å². The third-order valence-electron chi connectivity index (χ3n) is 1.46. The first-order valence-corrected chi connectivity index (χ1v) is 5.19. The van der Waals surface area contributed by atoms with Gasteiger partial charge in [0.15, 0.2) is 0 Å². The Hall–Kier alpha value is -1.52. The fourth-order valence-electron chi connectivity index (χ4n) is 0.867. The number of alkyl carbamates (subject to hydrolysis) is 1. The van der Waals surface area contributed by atoms with Crippen molar-refractivity contribution in [3.8, 4) is 0 Å². The van der Waals surface area contributed by atoms with E-state index >= 15 is 0 Å². The van der Waals surface area contributed by atoms with Gasteiger partial charge in [-0.25, -0.2) is 4.79 Å². The summed E-state index contributed by atoms with van der Waals surface area (Å²) in [6.45, 7) is 9.52. The number of rotatable bonds is 5. The third-order valence-corrected chi connectivity index (χ3v) is 1.46. The second kappa shape index (κ2) is 6.87. The van der Waals surface area contributed by atoms with E-state index in [1.54, 1.807) is 26.8 Å². The average Bonchev–Trinajstić information content (AvgIpc) is 2.11. The van der Waals surface area contributed by atoms with E-state index in [1.165, 1.54) is 0 Å². The number of ether oxygens (including phenoxy) is 1. The topological polar surface area (TPSA) is 67.4 Å². The maximum absolute atomic E-state index is 11.2. The molecule has 5 heteroatoms. The molecule has 0 spiro atoms. The molecule has 0 saturated carbocycles. The fourth-order valence-corrected chi connectivity index (χ4v) is 0.867. The summed E-state index contributed by atoms with van der Waals surface area (Å²) in [4.78, 5) is 22.3. The second-order valence-electron chi connectivity index (χ2n) is 4.27. The first-order valence-electron chi connectivity index (χ1n) is 5.19. The number of amides is 2. The van der Waals surface area contributed by atoms with Crippen molar-refractivity contribution < 1.29 is 14.3 Å². The van der Waals surface area contributed by atoms with Crippen molar-refractivity contribution in [1.29, 1.82) is 0 Å². The molecule has 0 aliphatic heterocycles. The van der Waals surface area contributed by atoms with Gasteiger partial charge in [0.05, 0.1) is 0 Å². The molecule has 2 amide bonds. The fraction of sp³-hybridized carbons (Fsp3) is 0.636. The van der Waals surface area contributed by atoms with Crippen molar-refractivity contribution in [1.82, 2.24) is 10.6 Å². The summed E-state index contributed by atoms with van der Waals surface area (Å²) in [6, 6.07) is 0. The molecular formula is C11H20N2O3. The quantitative estimate of drug-likeness (QED) is 0.695. The van der Waals surface area contributed by atoms with Crippen molar-refractivity contribution in [2.45, 2.75) is 32.8 Å². The van der Waals surface area contributed by atoms with Crippen LogP contribution in [0.4, 0.5) is 4.79 Å². The molecule has 2 N–H and O–H groups in total. The average molecular weight is 228 g/mol. The van der Waals surface area contributed by atoms with E-state index in [4.69, 9.17) is 4.74 Å². The summed E-state index contributed by atoms with van der Waals surface area (Å²) in [5, 5.41) is 5.10. The molecule has 0 bridgehead atoms. The van der Waals surface area contributed by atoms with E-state index in [-0.39, 0.29) is 18.9 Å². The molecule has 0 radical (unpaired) electrons. The van der Waals surface area contributed by atoms with Gasteiger partial charge in [0.2, 0.25) is 5.91 Å². The number of nitrogens with one attached hydrogen (secondary N) is 2. The van der Waals surface area contributed by atoms with E-state index in [9.17, 15) is 9.59 Å². The van der Waals surface area contributed by atoms with Crippen LogP contribution in [0.1, 0.15) is 27.2 Å². The molecule has 0 unspecified atom stereocenters. The summed E-state index contributed by atoms with van der Waals surface area (Å²) in [5.41, 5.74) is -0.519. The zero-order valence-electron chi connectivity index (χ0n) is 10.1. The number of carbonyl (C=O) groups excluding carboxylic acids is 2. The molecule has 0 heterocycles. The highest BCUT2D eigenvalue weighted by Crippen LogP contribution is 2.06. The van der Waals surface area contributed by atoms with E-state index in [2.05, 4.69) is 17.2 Å². The lowest BCUT2D eigenvalue weighted by Crippen LogP contribution is -2.35. The number of hydrogen-bond donors (Lipinski definition) is 2. The van der Waals surface area contributed by atoms with Gasteiger partial charge in [0.25, 0.3) is 0 Å². The van der Waals surface area contributed by atoms with Crippen LogP contribution < -0.4 is 10.6 Å². The van der Waals surface area contributed by atoms with Crippen LogP contribution in [-0.2, 0) is 9.53 Å². The van der Waals surface area contributed by atoms with Crippen LogP contribution >= 0.6 is 0 Å². The van der Waals surface area contributed by atoms with Crippen LogP contribution in [0.5, 0.6) is 0 Å². The zero-order valence-corrected chi connectivity index (χ0v) is 10.1. The van der Waals surface area contributed by atoms with Crippen LogP contribution in [0.25, 0.3) is 0 Å². The summed E-state index contributed by atoms with van der Waals surface area (Å²) < 4.78 is 5.00. The molecule has 0 aromatic rings. The van der Waals surface area contributed by atoms with Gasteiger partial charge in [0.1, 0.15) is 5.60 Å². The van der Waals surface area contributed by atoms with Crippen LogP contribution in [0, 0.1) is 0 Å². The minimum atomic E-state index is -0.519. The van der Waals surface area contributed by atoms with Crippen molar-refractivity contribution >= 4 is 12.0 Å². The van der Waals surface area contributed by atoms with Crippen molar-refractivity contribution in [2.75, 3.05) is 13.1 Å². The first kappa shape index (κ1) is 14.5. The number of hydrogen-bond acceptors (Lipinski definition) is 3. The van der Waals surface area contributed by atoms with Crippen LogP contribution in [-0.4, -0.2) is 30.7 Å². The smallest absolute Gasteiger partial charge is 0.407 e. The standard InChI is InChI=1S/C11H20N2O3/c1-5-7-12-9(14)6-8-13-10(15)16-11(2,3)4/h5H,1,6-8H2,2-4H3,(H,12,14)(H,13,15). The van der Waals surface area contributed by atoms with Gasteiger partial charge >= 0.3 is 6.09 Å². The van der Waals surface area contributed by atoms with Gasteiger partial charge in [-0.15, -0.1) is 6.58 Å². The lowest BCUT2D eigenvalue weighted by atomic mass is 10.2.